The number of ether oxygens (including phenoxy) is 1. The molecule has 176 valence electrons. The summed E-state index contributed by atoms with van der Waals surface area (Å²) in [5.41, 5.74) is 1.01. The van der Waals surface area contributed by atoms with Crippen LogP contribution in [0, 0.1) is 22.6 Å². The molecule has 3 aliphatic rings. The Morgan fingerprint density at radius 3 is 2.48 bits per heavy atom. The number of carboxylic acid groups (broad SMARTS) is 1. The first-order chi connectivity index (χ1) is 16.0. The Bertz CT molecular complexity index is 966. The highest BCUT2D eigenvalue weighted by Crippen LogP contribution is 2.53. The summed E-state index contributed by atoms with van der Waals surface area (Å²) in [6.07, 6.45) is 7.16. The lowest BCUT2D eigenvalue weighted by Gasteiger charge is -2.42. The largest absolute Gasteiger partial charge is 0.493 e. The average Bonchev–Trinajstić information content (AvgIpc) is 3.75. The fraction of sp³-hybridized carbons (Fsp3) is 0.536. The van der Waals surface area contributed by atoms with Gasteiger partial charge in [-0.2, -0.15) is 0 Å². The molecule has 0 spiro atoms. The van der Waals surface area contributed by atoms with E-state index in [0.29, 0.717) is 24.8 Å². The molecule has 33 heavy (non-hydrogen) atoms. The maximum Gasteiger partial charge on any atom is 0.310 e. The van der Waals surface area contributed by atoms with Gasteiger partial charge in [-0.25, -0.2) is 4.39 Å². The maximum atomic E-state index is 13.6. The van der Waals surface area contributed by atoms with Gasteiger partial charge in [0.15, 0.2) is 0 Å². The Balaban J connectivity index is 1.21. The second kappa shape index (κ2) is 9.09. The number of piperidine rings is 1. The molecule has 2 saturated carbocycles. The summed E-state index contributed by atoms with van der Waals surface area (Å²) in [6.45, 7) is 3.08. The van der Waals surface area contributed by atoms with E-state index in [1.807, 2.05) is 6.07 Å². The quantitative estimate of drug-likeness (QED) is 0.501. The summed E-state index contributed by atoms with van der Waals surface area (Å²) in [4.78, 5) is 14.0. The highest BCUT2D eigenvalue weighted by atomic mass is 19.1. The van der Waals surface area contributed by atoms with Crippen molar-refractivity contribution >= 4 is 5.97 Å². The molecule has 2 aromatic carbocycles. The van der Waals surface area contributed by atoms with Crippen molar-refractivity contribution < 1.29 is 19.0 Å². The second-order valence-corrected chi connectivity index (χ2v) is 10.7. The van der Waals surface area contributed by atoms with E-state index < -0.39 is 11.4 Å². The Morgan fingerprint density at radius 1 is 1.06 bits per heavy atom. The second-order valence-electron chi connectivity index (χ2n) is 10.7. The summed E-state index contributed by atoms with van der Waals surface area (Å²) in [7, 11) is 0. The van der Waals surface area contributed by atoms with E-state index in [-0.39, 0.29) is 11.2 Å². The molecular weight excluding hydrogens is 417 g/mol. The van der Waals surface area contributed by atoms with E-state index in [2.05, 4.69) is 35.2 Å². The van der Waals surface area contributed by atoms with Crippen LogP contribution in [0.4, 0.5) is 4.39 Å². The highest BCUT2D eigenvalue weighted by Gasteiger charge is 2.52. The van der Waals surface area contributed by atoms with Crippen LogP contribution in [0.25, 0.3) is 0 Å². The Hall–Kier alpha value is -2.40. The molecule has 4 nitrogen and oxygen atoms in total. The van der Waals surface area contributed by atoms with Crippen molar-refractivity contribution in [3.8, 4) is 5.75 Å². The van der Waals surface area contributed by atoms with Crippen LogP contribution in [0.3, 0.4) is 0 Å². The smallest absolute Gasteiger partial charge is 0.310 e. The van der Waals surface area contributed by atoms with E-state index in [0.717, 1.165) is 51.1 Å². The first-order valence-electron chi connectivity index (χ1n) is 12.4. The molecule has 5 rings (SSSR count). The van der Waals surface area contributed by atoms with Crippen molar-refractivity contribution in [3.05, 3.63) is 66.0 Å². The van der Waals surface area contributed by atoms with Crippen LogP contribution in [0.1, 0.15) is 56.4 Å². The predicted molar refractivity (Wildman–Crippen MR) is 126 cm³/mol. The van der Waals surface area contributed by atoms with Gasteiger partial charge in [-0.05, 0) is 87.6 Å². The SMILES string of the molecule is O=C(O)C1(CN2CCC(CC[C@@H]3CC3c3ccccc3)(COc3cccc(F)c3)CC2)CC1. The van der Waals surface area contributed by atoms with Crippen LogP contribution >= 0.6 is 0 Å². The normalized spacial score (nSPS) is 25.4. The van der Waals surface area contributed by atoms with E-state index >= 15 is 0 Å². The first kappa shape index (κ1) is 22.4. The number of hydrogen-bond acceptors (Lipinski definition) is 3. The van der Waals surface area contributed by atoms with Gasteiger partial charge in [0.05, 0.1) is 12.0 Å². The van der Waals surface area contributed by atoms with Crippen molar-refractivity contribution in [3.63, 3.8) is 0 Å². The van der Waals surface area contributed by atoms with Gasteiger partial charge in [0.25, 0.3) is 0 Å². The van der Waals surface area contributed by atoms with Crippen molar-refractivity contribution in [1.29, 1.82) is 0 Å². The molecule has 3 fully saturated rings. The fourth-order valence-electron chi connectivity index (χ4n) is 5.63. The highest BCUT2D eigenvalue weighted by molar-refractivity contribution is 5.78. The third kappa shape index (κ3) is 5.24. The molecule has 1 heterocycles. The average molecular weight is 452 g/mol. The Kier molecular flexibility index (Phi) is 6.17. The van der Waals surface area contributed by atoms with Gasteiger partial charge in [-0.3, -0.25) is 4.79 Å². The van der Waals surface area contributed by atoms with Gasteiger partial charge in [0.1, 0.15) is 11.6 Å². The van der Waals surface area contributed by atoms with Gasteiger partial charge < -0.3 is 14.7 Å². The number of likely N-dealkylation sites (tertiary alicyclic amines) is 1. The zero-order valence-electron chi connectivity index (χ0n) is 19.2. The molecule has 0 bridgehead atoms. The van der Waals surface area contributed by atoms with Crippen LogP contribution in [-0.2, 0) is 4.79 Å². The van der Waals surface area contributed by atoms with E-state index in [1.54, 1.807) is 6.07 Å². The lowest BCUT2D eigenvalue weighted by atomic mass is 9.74. The molecule has 1 saturated heterocycles. The standard InChI is InChI=1S/C28H34FNO3/c29-23-7-4-8-24(18-23)33-20-27(10-9-22-17-25(22)21-5-2-1-3-6-21)13-15-30(16-14-27)19-28(11-12-28)26(31)32/h1-8,18,22,25H,9-17,19-20H2,(H,31,32)/t22-,25?/m1/s1. The van der Waals surface area contributed by atoms with Gasteiger partial charge in [0, 0.05) is 18.0 Å². The van der Waals surface area contributed by atoms with Crippen molar-refractivity contribution in [2.45, 2.75) is 50.9 Å². The molecule has 0 radical (unpaired) electrons. The van der Waals surface area contributed by atoms with Gasteiger partial charge >= 0.3 is 5.97 Å². The number of aliphatic carboxylic acids is 1. The van der Waals surface area contributed by atoms with Crippen molar-refractivity contribution in [2.24, 2.45) is 16.7 Å². The number of halogens is 1. The Labute approximate surface area is 195 Å². The molecule has 2 aromatic rings. The summed E-state index contributed by atoms with van der Waals surface area (Å²) in [5, 5.41) is 9.56. The lowest BCUT2D eigenvalue weighted by Crippen LogP contribution is -2.46. The molecule has 0 aromatic heterocycles. The number of carbonyl (C=O) groups is 1. The predicted octanol–water partition coefficient (Wildman–Crippen LogP) is 5.74. The third-order valence-corrected chi connectivity index (χ3v) is 8.29. The Morgan fingerprint density at radius 2 is 1.82 bits per heavy atom. The number of hydrogen-bond donors (Lipinski definition) is 1. The maximum absolute atomic E-state index is 13.6. The van der Waals surface area contributed by atoms with Crippen LogP contribution < -0.4 is 4.74 Å². The minimum Gasteiger partial charge on any atom is -0.493 e. The van der Waals surface area contributed by atoms with Gasteiger partial charge in [0.2, 0.25) is 0 Å². The van der Waals surface area contributed by atoms with Crippen LogP contribution in [0.2, 0.25) is 0 Å². The third-order valence-electron chi connectivity index (χ3n) is 8.29. The minimum absolute atomic E-state index is 0.0621. The van der Waals surface area contributed by atoms with Gasteiger partial charge in [-0.15, -0.1) is 0 Å². The van der Waals surface area contributed by atoms with Crippen LogP contribution in [-0.4, -0.2) is 42.2 Å². The molecule has 5 heteroatoms. The topological polar surface area (TPSA) is 49.8 Å². The van der Waals surface area contributed by atoms with Crippen LogP contribution in [0.5, 0.6) is 5.75 Å². The zero-order valence-corrected chi connectivity index (χ0v) is 19.2. The molecule has 1 aliphatic heterocycles. The molecule has 1 unspecified atom stereocenters. The minimum atomic E-state index is -0.644. The van der Waals surface area contributed by atoms with E-state index in [1.165, 1.54) is 30.5 Å². The molecule has 2 atom stereocenters. The molecule has 0 amide bonds. The zero-order chi connectivity index (χ0) is 22.9. The lowest BCUT2D eigenvalue weighted by molar-refractivity contribution is -0.144. The van der Waals surface area contributed by atoms with E-state index in [4.69, 9.17) is 4.74 Å². The summed E-state index contributed by atoms with van der Waals surface area (Å²) in [5.74, 6) is 1.09. The van der Waals surface area contributed by atoms with E-state index in [9.17, 15) is 14.3 Å². The summed E-state index contributed by atoms with van der Waals surface area (Å²) < 4.78 is 19.8. The first-order valence-corrected chi connectivity index (χ1v) is 12.4. The van der Waals surface area contributed by atoms with Crippen molar-refractivity contribution in [1.82, 2.24) is 4.90 Å². The number of carboxylic acids is 1. The van der Waals surface area contributed by atoms with Crippen molar-refractivity contribution in [2.75, 3.05) is 26.2 Å². The summed E-state index contributed by atoms with van der Waals surface area (Å²) in [6, 6.07) is 17.2. The molecule has 1 N–H and O–H groups in total. The van der Waals surface area contributed by atoms with Crippen LogP contribution in [0.15, 0.2) is 54.6 Å². The fourth-order valence-corrected chi connectivity index (χ4v) is 5.63. The molecule has 2 aliphatic carbocycles. The number of nitrogens with zero attached hydrogens (tertiary/aromatic N) is 1. The van der Waals surface area contributed by atoms with Gasteiger partial charge in [-0.1, -0.05) is 36.4 Å². The monoisotopic (exact) mass is 451 g/mol. The number of benzene rings is 2. The summed E-state index contributed by atoms with van der Waals surface area (Å²) >= 11 is 0. The number of rotatable bonds is 10. The molecular formula is C28H34FNO3.